The quantitative estimate of drug-likeness (QED) is 0.830. The predicted molar refractivity (Wildman–Crippen MR) is 116 cm³/mol. The van der Waals surface area contributed by atoms with E-state index in [4.69, 9.17) is 0 Å². The van der Waals surface area contributed by atoms with E-state index in [0.29, 0.717) is 12.0 Å². The van der Waals surface area contributed by atoms with Gasteiger partial charge in [0.1, 0.15) is 0 Å². The Kier molecular flexibility index (Phi) is 5.28. The highest BCUT2D eigenvalue weighted by Gasteiger charge is 2.28. The molecule has 3 aliphatic rings. The zero-order valence-electron chi connectivity index (χ0n) is 17.4. The van der Waals surface area contributed by atoms with Gasteiger partial charge in [0.25, 0.3) is 11.8 Å². The molecular formula is C25H29N3O2. The minimum absolute atomic E-state index is 0.0281. The molecule has 30 heavy (non-hydrogen) atoms. The van der Waals surface area contributed by atoms with Gasteiger partial charge in [-0.2, -0.15) is 0 Å². The van der Waals surface area contributed by atoms with Crippen molar-refractivity contribution in [2.24, 2.45) is 5.92 Å². The number of aromatic nitrogens is 1. The summed E-state index contributed by atoms with van der Waals surface area (Å²) < 4.78 is 0. The Morgan fingerprint density at radius 1 is 1.03 bits per heavy atom. The van der Waals surface area contributed by atoms with Crippen LogP contribution in [0.2, 0.25) is 0 Å². The van der Waals surface area contributed by atoms with Crippen LogP contribution in [0, 0.1) is 5.92 Å². The van der Waals surface area contributed by atoms with Crippen LogP contribution >= 0.6 is 0 Å². The molecule has 1 unspecified atom stereocenters. The molecule has 0 spiro atoms. The molecule has 156 valence electrons. The number of hydrogen-bond acceptors (Lipinski definition) is 3. The molecule has 1 saturated carbocycles. The number of benzene rings is 1. The molecule has 5 nitrogen and oxygen atoms in total. The van der Waals surface area contributed by atoms with Gasteiger partial charge in [-0.25, -0.2) is 0 Å². The van der Waals surface area contributed by atoms with E-state index in [-0.39, 0.29) is 11.8 Å². The molecule has 1 aromatic heterocycles. The molecule has 1 atom stereocenters. The Morgan fingerprint density at radius 3 is 2.63 bits per heavy atom. The number of carbonyl (C=O) groups is 2. The SMILES string of the molecule is O=C(NC1CC1)c1ccc(CC2CCN(C(=O)c3cnc4c(c3)CCCC4)C2)cc1. The van der Waals surface area contributed by atoms with Crippen LogP contribution in [0.4, 0.5) is 0 Å². The maximum absolute atomic E-state index is 13.0. The zero-order valence-corrected chi connectivity index (χ0v) is 17.4. The van der Waals surface area contributed by atoms with Gasteiger partial charge in [0.2, 0.25) is 0 Å². The first-order valence-electron chi connectivity index (χ1n) is 11.3. The van der Waals surface area contributed by atoms with E-state index in [1.165, 1.54) is 29.7 Å². The van der Waals surface area contributed by atoms with Crippen molar-refractivity contribution in [3.8, 4) is 0 Å². The van der Waals surface area contributed by atoms with Gasteiger partial charge in [0.15, 0.2) is 0 Å². The van der Waals surface area contributed by atoms with Crippen LogP contribution in [0.1, 0.15) is 69.6 Å². The van der Waals surface area contributed by atoms with Crippen molar-refractivity contribution < 1.29 is 9.59 Å². The summed E-state index contributed by atoms with van der Waals surface area (Å²) >= 11 is 0. The van der Waals surface area contributed by atoms with E-state index >= 15 is 0 Å². The Labute approximate surface area is 177 Å². The van der Waals surface area contributed by atoms with Crippen molar-refractivity contribution in [2.45, 2.75) is 57.4 Å². The van der Waals surface area contributed by atoms with Crippen LogP contribution in [0.25, 0.3) is 0 Å². The van der Waals surface area contributed by atoms with Gasteiger partial charge in [-0.3, -0.25) is 14.6 Å². The average molecular weight is 404 g/mol. The van der Waals surface area contributed by atoms with Gasteiger partial charge in [0.05, 0.1) is 5.56 Å². The lowest BCUT2D eigenvalue weighted by Gasteiger charge is -2.19. The van der Waals surface area contributed by atoms with Crippen molar-refractivity contribution in [3.05, 3.63) is 64.5 Å². The van der Waals surface area contributed by atoms with Crippen molar-refractivity contribution in [1.82, 2.24) is 15.2 Å². The highest BCUT2D eigenvalue weighted by atomic mass is 16.2. The maximum atomic E-state index is 13.0. The number of carbonyl (C=O) groups excluding carboxylic acids is 2. The summed E-state index contributed by atoms with van der Waals surface area (Å²) in [5.41, 5.74) is 5.13. The smallest absolute Gasteiger partial charge is 0.255 e. The summed E-state index contributed by atoms with van der Waals surface area (Å²) in [6.45, 7) is 1.60. The largest absolute Gasteiger partial charge is 0.349 e. The number of likely N-dealkylation sites (tertiary alicyclic amines) is 1. The monoisotopic (exact) mass is 403 g/mol. The van der Waals surface area contributed by atoms with E-state index < -0.39 is 0 Å². The number of nitrogens with one attached hydrogen (secondary N) is 1. The van der Waals surface area contributed by atoms with Crippen molar-refractivity contribution in [3.63, 3.8) is 0 Å². The van der Waals surface area contributed by atoms with Crippen LogP contribution < -0.4 is 5.32 Å². The second-order valence-corrected chi connectivity index (χ2v) is 9.09. The van der Waals surface area contributed by atoms with Crippen LogP contribution in [-0.2, 0) is 19.3 Å². The Bertz CT molecular complexity index is 949. The third kappa shape index (κ3) is 4.25. The van der Waals surface area contributed by atoms with Gasteiger partial charge in [-0.05, 0) is 86.6 Å². The Hall–Kier alpha value is -2.69. The molecular weight excluding hydrogens is 374 g/mol. The molecule has 2 aliphatic carbocycles. The molecule has 2 heterocycles. The fourth-order valence-corrected chi connectivity index (χ4v) is 4.69. The van der Waals surface area contributed by atoms with Crippen LogP contribution in [0.5, 0.6) is 0 Å². The molecule has 1 aliphatic heterocycles. The second-order valence-electron chi connectivity index (χ2n) is 9.09. The minimum Gasteiger partial charge on any atom is -0.349 e. The first kappa shape index (κ1) is 19.3. The minimum atomic E-state index is 0.0281. The number of aryl methyl sites for hydroxylation is 2. The highest BCUT2D eigenvalue weighted by molar-refractivity contribution is 5.95. The van der Waals surface area contributed by atoms with Crippen LogP contribution in [-0.4, -0.2) is 40.8 Å². The molecule has 1 N–H and O–H groups in total. The van der Waals surface area contributed by atoms with E-state index in [0.717, 1.165) is 62.7 Å². The molecule has 1 saturated heterocycles. The van der Waals surface area contributed by atoms with E-state index in [9.17, 15) is 9.59 Å². The van der Waals surface area contributed by atoms with Gasteiger partial charge in [-0.1, -0.05) is 12.1 Å². The summed E-state index contributed by atoms with van der Waals surface area (Å²) in [4.78, 5) is 31.7. The van der Waals surface area contributed by atoms with Crippen LogP contribution in [0.3, 0.4) is 0 Å². The normalized spacial score (nSPS) is 20.7. The van der Waals surface area contributed by atoms with Crippen LogP contribution in [0.15, 0.2) is 36.5 Å². The fourth-order valence-electron chi connectivity index (χ4n) is 4.69. The number of nitrogens with zero attached hydrogens (tertiary/aromatic N) is 2. The lowest BCUT2D eigenvalue weighted by molar-refractivity contribution is 0.0786. The molecule has 1 aromatic carbocycles. The standard InChI is InChI=1S/C25H29N3O2/c29-24(27-22-9-10-22)19-7-5-17(6-8-19)13-18-11-12-28(16-18)25(30)21-14-20-3-1-2-4-23(20)26-15-21/h5-8,14-15,18,22H,1-4,9-13,16H2,(H,27,29). The molecule has 0 bridgehead atoms. The summed E-state index contributed by atoms with van der Waals surface area (Å²) in [7, 11) is 0. The Morgan fingerprint density at radius 2 is 1.83 bits per heavy atom. The molecule has 2 fully saturated rings. The van der Waals surface area contributed by atoms with Gasteiger partial charge in [0, 0.05) is 36.6 Å². The average Bonchev–Trinajstić information content (AvgIpc) is 3.48. The zero-order chi connectivity index (χ0) is 20.5. The lowest BCUT2D eigenvalue weighted by atomic mass is 9.95. The fraction of sp³-hybridized carbons (Fsp3) is 0.480. The third-order valence-electron chi connectivity index (χ3n) is 6.64. The first-order chi connectivity index (χ1) is 14.7. The predicted octanol–water partition coefficient (Wildman–Crippen LogP) is 3.56. The number of hydrogen-bond donors (Lipinski definition) is 1. The summed E-state index contributed by atoms with van der Waals surface area (Å²) in [5, 5.41) is 3.03. The number of pyridine rings is 1. The Balaban J connectivity index is 1.17. The molecule has 5 rings (SSSR count). The second kappa shape index (κ2) is 8.21. The molecule has 0 radical (unpaired) electrons. The van der Waals surface area contributed by atoms with Crippen molar-refractivity contribution in [1.29, 1.82) is 0 Å². The molecule has 2 aromatic rings. The molecule has 5 heteroatoms. The number of fused-ring (bicyclic) bond motifs is 1. The first-order valence-corrected chi connectivity index (χ1v) is 11.3. The van der Waals surface area contributed by atoms with Gasteiger partial charge >= 0.3 is 0 Å². The number of amides is 2. The topological polar surface area (TPSA) is 62.3 Å². The molecule has 2 amide bonds. The van der Waals surface area contributed by atoms with Gasteiger partial charge < -0.3 is 10.2 Å². The van der Waals surface area contributed by atoms with E-state index in [2.05, 4.69) is 28.5 Å². The van der Waals surface area contributed by atoms with Crippen molar-refractivity contribution >= 4 is 11.8 Å². The highest BCUT2D eigenvalue weighted by Crippen LogP contribution is 2.25. The summed E-state index contributed by atoms with van der Waals surface area (Å²) in [6.07, 6.45) is 10.4. The van der Waals surface area contributed by atoms with E-state index in [1.807, 2.05) is 17.0 Å². The van der Waals surface area contributed by atoms with E-state index in [1.54, 1.807) is 6.20 Å². The lowest BCUT2D eigenvalue weighted by Crippen LogP contribution is -2.29. The van der Waals surface area contributed by atoms with Gasteiger partial charge in [-0.15, -0.1) is 0 Å². The number of rotatable bonds is 5. The maximum Gasteiger partial charge on any atom is 0.255 e. The third-order valence-corrected chi connectivity index (χ3v) is 6.64. The summed E-state index contributed by atoms with van der Waals surface area (Å²) in [6, 6.07) is 10.4. The summed E-state index contributed by atoms with van der Waals surface area (Å²) in [5.74, 6) is 0.608. The van der Waals surface area contributed by atoms with Crippen molar-refractivity contribution in [2.75, 3.05) is 13.1 Å².